The van der Waals surface area contributed by atoms with Gasteiger partial charge in [-0.05, 0) is 117 Å². The Bertz CT molecular complexity index is 1650. The summed E-state index contributed by atoms with van der Waals surface area (Å²) in [7, 11) is 0. The Kier molecular flexibility index (Phi) is 16.6. The number of carbonyl (C=O) groups is 5. The molecule has 13 atom stereocenters. The maximum absolute atomic E-state index is 13.9. The molecule has 6 aliphatic rings. The molecule has 4 aliphatic carbocycles. The Morgan fingerprint density at radius 2 is 1.65 bits per heavy atom. The molecule has 348 valence electrons. The topological polar surface area (TPSA) is 195 Å². The van der Waals surface area contributed by atoms with Crippen LogP contribution in [0.5, 0.6) is 0 Å². The first-order valence-electron chi connectivity index (χ1n) is 23.9. The lowest BCUT2D eigenvalue weighted by Crippen LogP contribution is -2.59. The molecule has 14 heteroatoms. The summed E-state index contributed by atoms with van der Waals surface area (Å²) in [5.74, 6) is 2.66. The van der Waals surface area contributed by atoms with Crippen molar-refractivity contribution in [3.05, 3.63) is 24.8 Å². The largest absolute Gasteiger partial charge is 0.462 e. The van der Waals surface area contributed by atoms with Gasteiger partial charge in [0.15, 0.2) is 0 Å². The van der Waals surface area contributed by atoms with Gasteiger partial charge in [-0.25, -0.2) is 4.79 Å². The maximum Gasteiger partial charge on any atom is 0.315 e. The molecular weight excluding hydrogens is 805 g/mol. The Hall–Kier alpha value is -3.10. The molecule has 0 aromatic carbocycles. The van der Waals surface area contributed by atoms with Crippen molar-refractivity contribution >= 4 is 41.5 Å². The molecule has 6 fully saturated rings. The molecule has 7 unspecified atom stereocenters. The van der Waals surface area contributed by atoms with Crippen LogP contribution < -0.4 is 27.4 Å². The van der Waals surface area contributed by atoms with Gasteiger partial charge in [-0.3, -0.25) is 19.2 Å². The smallest absolute Gasteiger partial charge is 0.315 e. The lowest BCUT2D eigenvalue weighted by molar-refractivity contribution is -0.198. The molecule has 0 bridgehead atoms. The second-order valence-electron chi connectivity index (χ2n) is 20.5. The van der Waals surface area contributed by atoms with E-state index in [0.29, 0.717) is 62.6 Å². The summed E-state index contributed by atoms with van der Waals surface area (Å²) in [5.41, 5.74) is 12.6. The number of nitrogens with one attached hydrogen (secondary N) is 3. The molecular formula is C48H78N6O7S. The molecule has 2 saturated heterocycles. The monoisotopic (exact) mass is 883 g/mol. The standard InChI is InChI=1S/C48H78N6O7S/c1-7-31(11-14-40(56)54(27-29(2)3)24-23-51-39(55)10-8-9-30(4)45-44-37(28-62-45)52-46(59)53-44)34-12-13-35-43-36(16-20-48(34,35)6)47(5)19-15-33(60-41(57)17-21-49)25-32(47)26-38(43)61-42(58)18-22-50/h7,29,31-38,43-45H,1,4,8-28,49-50H2,2-3,5-6H3,(H,51,55)(H2,52,53,59)/t31-,32?,33-,34?,35?,36?,37?,38-,43?,44?,45+,47+,48-/m1/s1. The first-order chi connectivity index (χ1) is 29.6. The van der Waals surface area contributed by atoms with Crippen LogP contribution in [0, 0.1) is 52.3 Å². The van der Waals surface area contributed by atoms with E-state index in [9.17, 15) is 24.0 Å². The zero-order valence-electron chi connectivity index (χ0n) is 38.1. The molecule has 4 amide bonds. The van der Waals surface area contributed by atoms with Crippen molar-refractivity contribution in [2.45, 2.75) is 154 Å². The molecule has 7 N–H and O–H groups in total. The number of urea groups is 1. The highest BCUT2D eigenvalue weighted by molar-refractivity contribution is 8.00. The Morgan fingerprint density at radius 1 is 0.935 bits per heavy atom. The lowest BCUT2D eigenvalue weighted by Gasteiger charge is -2.62. The van der Waals surface area contributed by atoms with Crippen LogP contribution in [0.2, 0.25) is 0 Å². The number of ether oxygens (including phenoxy) is 2. The van der Waals surface area contributed by atoms with E-state index in [1.54, 1.807) is 0 Å². The predicted octanol–water partition coefficient (Wildman–Crippen LogP) is 5.85. The minimum absolute atomic E-state index is 0.0238. The third-order valence-electron chi connectivity index (χ3n) is 16.2. The third kappa shape index (κ3) is 10.9. The number of fused-ring (bicyclic) bond motifs is 6. The summed E-state index contributed by atoms with van der Waals surface area (Å²) >= 11 is 1.81. The minimum Gasteiger partial charge on any atom is -0.462 e. The second kappa shape index (κ2) is 21.3. The number of esters is 2. The highest BCUT2D eigenvalue weighted by Crippen LogP contribution is 2.69. The van der Waals surface area contributed by atoms with Crippen LogP contribution in [-0.4, -0.2) is 103 Å². The SMILES string of the molecule is C=C[C@H](CCC(=O)N(CCNC(=O)CCCC(=C)[C@@H]1SCC2NC(=O)NC21)CC(C)C)C1CCC2C3C(CC[C@@]21C)[C@@]1(C)CC[C@@H](OC(=O)CCN)CC1C[C@H]3OC(=O)CCN. The molecule has 62 heavy (non-hydrogen) atoms. The number of rotatable bonds is 21. The van der Waals surface area contributed by atoms with Gasteiger partial charge < -0.3 is 41.8 Å². The van der Waals surface area contributed by atoms with E-state index < -0.39 is 0 Å². The van der Waals surface area contributed by atoms with Crippen molar-refractivity contribution in [2.75, 3.05) is 38.5 Å². The predicted molar refractivity (Wildman–Crippen MR) is 244 cm³/mol. The van der Waals surface area contributed by atoms with Crippen molar-refractivity contribution in [2.24, 2.45) is 63.7 Å². The number of amides is 4. The molecule has 0 aromatic heterocycles. The van der Waals surface area contributed by atoms with Crippen molar-refractivity contribution < 1.29 is 33.4 Å². The van der Waals surface area contributed by atoms with Gasteiger partial charge in [-0.2, -0.15) is 0 Å². The molecule has 4 saturated carbocycles. The fraction of sp³-hybridized carbons (Fsp3) is 0.812. The van der Waals surface area contributed by atoms with Gasteiger partial charge in [0.25, 0.3) is 0 Å². The van der Waals surface area contributed by atoms with E-state index in [2.05, 4.69) is 62.9 Å². The summed E-state index contributed by atoms with van der Waals surface area (Å²) in [6, 6.07) is 0.0865. The minimum atomic E-state index is -0.232. The normalized spacial score (nSPS) is 35.0. The van der Waals surface area contributed by atoms with Crippen LogP contribution in [0.1, 0.15) is 124 Å². The van der Waals surface area contributed by atoms with E-state index in [1.807, 2.05) is 16.7 Å². The van der Waals surface area contributed by atoms with E-state index in [-0.39, 0.29) is 114 Å². The fourth-order valence-corrected chi connectivity index (χ4v) is 14.8. The molecule has 2 heterocycles. The van der Waals surface area contributed by atoms with Gasteiger partial charge in [-0.1, -0.05) is 45.9 Å². The summed E-state index contributed by atoms with van der Waals surface area (Å²) in [6.07, 6.45) is 12.8. The zero-order chi connectivity index (χ0) is 44.8. The van der Waals surface area contributed by atoms with Gasteiger partial charge in [0.05, 0.1) is 24.9 Å². The van der Waals surface area contributed by atoms with E-state index in [0.717, 1.165) is 75.5 Å². The zero-order valence-corrected chi connectivity index (χ0v) is 39.0. The summed E-state index contributed by atoms with van der Waals surface area (Å²) in [4.78, 5) is 66.0. The third-order valence-corrected chi connectivity index (χ3v) is 17.8. The van der Waals surface area contributed by atoms with Gasteiger partial charge in [0, 0.05) is 62.5 Å². The molecule has 0 aromatic rings. The average molecular weight is 883 g/mol. The van der Waals surface area contributed by atoms with Crippen molar-refractivity contribution in [1.82, 2.24) is 20.9 Å². The van der Waals surface area contributed by atoms with E-state index in [4.69, 9.17) is 20.9 Å². The van der Waals surface area contributed by atoms with Gasteiger partial charge in [0.1, 0.15) is 12.2 Å². The number of nitrogens with two attached hydrogens (primary N) is 2. The Labute approximate surface area is 375 Å². The molecule has 6 rings (SSSR count). The highest BCUT2D eigenvalue weighted by atomic mass is 32.2. The van der Waals surface area contributed by atoms with E-state index >= 15 is 0 Å². The second-order valence-corrected chi connectivity index (χ2v) is 21.7. The number of carbonyl (C=O) groups excluding carboxylic acids is 5. The molecule has 0 radical (unpaired) electrons. The van der Waals surface area contributed by atoms with Crippen LogP contribution in [-0.2, 0) is 28.7 Å². The molecule has 0 spiro atoms. The van der Waals surface area contributed by atoms with Crippen molar-refractivity contribution in [3.63, 3.8) is 0 Å². The number of nitrogens with zero attached hydrogens (tertiary/aromatic N) is 1. The Balaban J connectivity index is 1.03. The maximum atomic E-state index is 13.9. The summed E-state index contributed by atoms with van der Waals surface area (Å²) in [5, 5.41) is 9.19. The van der Waals surface area contributed by atoms with Crippen LogP contribution >= 0.6 is 11.8 Å². The van der Waals surface area contributed by atoms with Gasteiger partial charge >= 0.3 is 18.0 Å². The molecule has 13 nitrogen and oxygen atoms in total. The van der Waals surface area contributed by atoms with Crippen LogP contribution in [0.4, 0.5) is 4.79 Å². The van der Waals surface area contributed by atoms with Gasteiger partial charge in [0.2, 0.25) is 11.8 Å². The Morgan fingerprint density at radius 3 is 2.35 bits per heavy atom. The summed E-state index contributed by atoms with van der Waals surface area (Å²) < 4.78 is 12.3. The van der Waals surface area contributed by atoms with Crippen LogP contribution in [0.25, 0.3) is 0 Å². The first-order valence-corrected chi connectivity index (χ1v) is 25.0. The first kappa shape index (κ1) is 48.4. The van der Waals surface area contributed by atoms with Crippen LogP contribution in [0.3, 0.4) is 0 Å². The summed E-state index contributed by atoms with van der Waals surface area (Å²) in [6.45, 7) is 19.8. The number of allylic oxidation sites excluding steroid dienone is 1. The highest BCUT2D eigenvalue weighted by Gasteiger charge is 2.64. The van der Waals surface area contributed by atoms with Gasteiger partial charge in [-0.15, -0.1) is 18.3 Å². The number of hydrogen-bond acceptors (Lipinski definition) is 10. The molecule has 2 aliphatic heterocycles. The van der Waals surface area contributed by atoms with Crippen molar-refractivity contribution in [1.29, 1.82) is 0 Å². The quantitative estimate of drug-likeness (QED) is 0.0530. The van der Waals surface area contributed by atoms with Crippen LogP contribution in [0.15, 0.2) is 24.8 Å². The average Bonchev–Trinajstić information content (AvgIpc) is 3.90. The number of thioether (sulfide) groups is 1. The van der Waals surface area contributed by atoms with Crippen molar-refractivity contribution in [3.8, 4) is 0 Å². The number of hydrogen-bond donors (Lipinski definition) is 5. The van der Waals surface area contributed by atoms with E-state index in [1.165, 1.54) is 0 Å². The fourth-order valence-electron chi connectivity index (χ4n) is 13.2. The lowest BCUT2D eigenvalue weighted by atomic mass is 9.43.